The van der Waals surface area contributed by atoms with Crippen molar-refractivity contribution in [3.63, 3.8) is 0 Å². The Bertz CT molecular complexity index is 1140. The third-order valence-electron chi connectivity index (χ3n) is 7.91. The molecule has 2 aromatic rings. The number of halogens is 2. The Labute approximate surface area is 229 Å². The lowest BCUT2D eigenvalue weighted by atomic mass is 10.1. The van der Waals surface area contributed by atoms with Crippen LogP contribution in [0.3, 0.4) is 0 Å². The Balaban J connectivity index is 0.918. The number of aryl methyl sites for hydroxylation is 2. The minimum Gasteiger partial charge on any atom is -0.356 e. The molecule has 2 fully saturated rings. The Morgan fingerprint density at radius 1 is 0.973 bits per heavy atom. The van der Waals surface area contributed by atoms with Crippen molar-refractivity contribution in [1.29, 1.82) is 0 Å². The Kier molecular flexibility index (Phi) is 8.58. The molecule has 2 aromatic carbocycles. The van der Waals surface area contributed by atoms with Crippen molar-refractivity contribution >= 4 is 40.8 Å². The third-order valence-corrected chi connectivity index (χ3v) is 8.65. The molecule has 1 saturated heterocycles. The first kappa shape index (κ1) is 26.3. The van der Waals surface area contributed by atoms with Crippen LogP contribution in [0, 0.1) is 5.92 Å². The van der Waals surface area contributed by atoms with Gasteiger partial charge in [-0.25, -0.2) is 4.79 Å². The molecule has 8 heteroatoms. The molecule has 3 N–H and O–H groups in total. The summed E-state index contributed by atoms with van der Waals surface area (Å²) in [5, 5.41) is 10.3. The zero-order valence-electron chi connectivity index (χ0n) is 21.2. The highest BCUT2D eigenvalue weighted by Crippen LogP contribution is 2.48. The molecular weight excluding hydrogens is 507 g/mol. The fraction of sp³-hybridized carbons (Fsp3) is 0.517. The number of rotatable bonds is 10. The van der Waals surface area contributed by atoms with E-state index in [-0.39, 0.29) is 29.8 Å². The first-order valence-corrected chi connectivity index (χ1v) is 14.4. The molecule has 1 saturated carbocycles. The van der Waals surface area contributed by atoms with Crippen LogP contribution in [0.1, 0.15) is 61.1 Å². The molecule has 0 aromatic heterocycles. The predicted molar refractivity (Wildman–Crippen MR) is 150 cm³/mol. The fourth-order valence-corrected chi connectivity index (χ4v) is 6.04. The molecule has 3 amide bonds. The lowest BCUT2D eigenvalue weighted by molar-refractivity contribution is -0.122. The van der Waals surface area contributed by atoms with Crippen LogP contribution in [0.4, 0.5) is 10.5 Å². The highest BCUT2D eigenvalue weighted by atomic mass is 35.5. The second-order valence-electron chi connectivity index (χ2n) is 10.7. The minimum atomic E-state index is -0.113. The minimum absolute atomic E-state index is 0.0474. The predicted octanol–water partition coefficient (Wildman–Crippen LogP) is 5.77. The summed E-state index contributed by atoms with van der Waals surface area (Å²) in [6.07, 6.45) is 8.48. The van der Waals surface area contributed by atoms with Crippen LogP contribution >= 0.6 is 23.2 Å². The number of unbranched alkanes of at least 4 members (excludes halogenated alkanes) is 2. The van der Waals surface area contributed by atoms with Crippen LogP contribution in [0.15, 0.2) is 36.4 Å². The van der Waals surface area contributed by atoms with Crippen LogP contribution in [0.5, 0.6) is 0 Å². The van der Waals surface area contributed by atoms with Crippen LogP contribution < -0.4 is 16.0 Å². The molecule has 1 aliphatic heterocycles. The number of hydrogen-bond donors (Lipinski definition) is 3. The normalized spacial score (nSPS) is 22.5. The summed E-state index contributed by atoms with van der Waals surface area (Å²) >= 11 is 12.1. The van der Waals surface area contributed by atoms with Gasteiger partial charge in [-0.15, -0.1) is 0 Å². The maximum Gasteiger partial charge on any atom is 0.319 e. The number of likely N-dealkylation sites (tertiary alicyclic amines) is 1. The maximum absolute atomic E-state index is 12.5. The van der Waals surface area contributed by atoms with Gasteiger partial charge in [0.1, 0.15) is 0 Å². The van der Waals surface area contributed by atoms with E-state index in [4.69, 9.17) is 23.2 Å². The lowest BCUT2D eigenvalue weighted by Gasteiger charge is -2.17. The smallest absolute Gasteiger partial charge is 0.319 e. The summed E-state index contributed by atoms with van der Waals surface area (Å²) in [6, 6.07) is 12.0. The van der Waals surface area contributed by atoms with Gasteiger partial charge in [-0.05, 0) is 98.4 Å². The van der Waals surface area contributed by atoms with E-state index in [0.717, 1.165) is 82.4 Å². The number of carbonyl (C=O) groups excluding carboxylic acids is 2. The summed E-state index contributed by atoms with van der Waals surface area (Å²) in [4.78, 5) is 27.3. The highest BCUT2D eigenvalue weighted by molar-refractivity contribution is 6.42. The van der Waals surface area contributed by atoms with E-state index >= 15 is 0 Å². The molecule has 37 heavy (non-hydrogen) atoms. The molecule has 0 radical (unpaired) electrons. The molecule has 1 heterocycles. The Morgan fingerprint density at radius 2 is 1.84 bits per heavy atom. The number of urea groups is 1. The van der Waals surface area contributed by atoms with E-state index < -0.39 is 0 Å². The summed E-state index contributed by atoms with van der Waals surface area (Å²) in [6.45, 7) is 3.65. The van der Waals surface area contributed by atoms with Crippen molar-refractivity contribution in [1.82, 2.24) is 15.5 Å². The molecule has 3 aliphatic rings. The van der Waals surface area contributed by atoms with Gasteiger partial charge < -0.3 is 20.9 Å². The van der Waals surface area contributed by atoms with Gasteiger partial charge >= 0.3 is 6.03 Å². The standard InChI is InChI=1S/C29H36Cl2N4O2/c30-26-10-8-21(16-27(26)31)24-17-25(24)28(36)32-12-2-1-3-13-35-14-11-23(18-35)34-29(37)33-22-9-7-19-5-4-6-20(19)15-22/h7-10,15-16,23-25H,1-6,11-14,17-18H2,(H,32,36)(H2,33,34,37)/t23-,24-,25+/m0/s1. The quantitative estimate of drug-likeness (QED) is 0.333. The van der Waals surface area contributed by atoms with Crippen LogP contribution in [0.2, 0.25) is 10.0 Å². The zero-order chi connectivity index (χ0) is 25.8. The van der Waals surface area contributed by atoms with Gasteiger partial charge in [-0.2, -0.15) is 0 Å². The first-order chi connectivity index (χ1) is 18.0. The summed E-state index contributed by atoms with van der Waals surface area (Å²) in [7, 11) is 0. The van der Waals surface area contributed by atoms with E-state index in [1.165, 1.54) is 17.5 Å². The lowest BCUT2D eigenvalue weighted by Crippen LogP contribution is -2.39. The van der Waals surface area contributed by atoms with Crippen molar-refractivity contribution < 1.29 is 9.59 Å². The Morgan fingerprint density at radius 3 is 2.70 bits per heavy atom. The third kappa shape index (κ3) is 6.98. The number of hydrogen-bond acceptors (Lipinski definition) is 3. The average molecular weight is 544 g/mol. The fourth-order valence-electron chi connectivity index (χ4n) is 5.73. The van der Waals surface area contributed by atoms with Gasteiger partial charge in [0.2, 0.25) is 5.91 Å². The zero-order valence-corrected chi connectivity index (χ0v) is 22.7. The monoisotopic (exact) mass is 542 g/mol. The van der Waals surface area contributed by atoms with Crippen molar-refractivity contribution in [2.75, 3.05) is 31.5 Å². The average Bonchev–Trinajstić information content (AvgIpc) is 3.33. The van der Waals surface area contributed by atoms with Gasteiger partial charge in [-0.1, -0.05) is 41.8 Å². The number of carbonyl (C=O) groups is 2. The Hall–Kier alpha value is -2.28. The molecule has 6 nitrogen and oxygen atoms in total. The van der Waals surface area contributed by atoms with Gasteiger partial charge in [0, 0.05) is 37.3 Å². The van der Waals surface area contributed by atoms with Crippen LogP contribution in [0.25, 0.3) is 0 Å². The summed E-state index contributed by atoms with van der Waals surface area (Å²) < 4.78 is 0. The molecule has 198 valence electrons. The van der Waals surface area contributed by atoms with Crippen molar-refractivity contribution in [2.24, 2.45) is 5.92 Å². The molecule has 0 bridgehead atoms. The van der Waals surface area contributed by atoms with E-state index in [2.05, 4.69) is 33.0 Å². The van der Waals surface area contributed by atoms with Crippen molar-refractivity contribution in [3.8, 4) is 0 Å². The molecular formula is C29H36Cl2N4O2. The van der Waals surface area contributed by atoms with E-state index in [0.29, 0.717) is 10.0 Å². The van der Waals surface area contributed by atoms with E-state index in [1.54, 1.807) is 6.07 Å². The van der Waals surface area contributed by atoms with Gasteiger partial charge in [-0.3, -0.25) is 4.79 Å². The van der Waals surface area contributed by atoms with Crippen LogP contribution in [-0.2, 0) is 17.6 Å². The molecule has 5 rings (SSSR count). The molecule has 0 spiro atoms. The largest absolute Gasteiger partial charge is 0.356 e. The second-order valence-corrected chi connectivity index (χ2v) is 11.5. The van der Waals surface area contributed by atoms with Gasteiger partial charge in [0.25, 0.3) is 0 Å². The van der Waals surface area contributed by atoms with Crippen LogP contribution in [-0.4, -0.2) is 49.1 Å². The highest BCUT2D eigenvalue weighted by Gasteiger charge is 2.43. The van der Waals surface area contributed by atoms with Crippen molar-refractivity contribution in [2.45, 2.75) is 63.3 Å². The topological polar surface area (TPSA) is 73.5 Å². The van der Waals surface area contributed by atoms with E-state index in [9.17, 15) is 9.59 Å². The second kappa shape index (κ2) is 12.1. The van der Waals surface area contributed by atoms with Gasteiger partial charge in [0.05, 0.1) is 10.0 Å². The molecule has 3 atom stereocenters. The number of anilines is 1. The number of benzene rings is 2. The van der Waals surface area contributed by atoms with E-state index in [1.807, 2.05) is 18.2 Å². The van der Waals surface area contributed by atoms with Crippen molar-refractivity contribution in [3.05, 3.63) is 63.1 Å². The number of fused-ring (bicyclic) bond motifs is 1. The maximum atomic E-state index is 12.5. The number of nitrogens with zero attached hydrogens (tertiary/aromatic N) is 1. The summed E-state index contributed by atoms with van der Waals surface area (Å²) in [5.74, 6) is 0.441. The SMILES string of the molecule is O=C(Nc1ccc2c(c1)CCC2)N[C@H]1CCN(CCCCCNC(=O)[C@@H]2C[C@H]2c2ccc(Cl)c(Cl)c2)C1. The number of nitrogens with one attached hydrogen (secondary N) is 3. The molecule has 0 unspecified atom stereocenters. The number of amides is 3. The molecule has 2 aliphatic carbocycles. The summed E-state index contributed by atoms with van der Waals surface area (Å²) in [5.41, 5.74) is 4.75. The first-order valence-electron chi connectivity index (χ1n) is 13.6. The van der Waals surface area contributed by atoms with Gasteiger partial charge in [0.15, 0.2) is 0 Å².